The zero-order valence-corrected chi connectivity index (χ0v) is 19.9. The second-order valence-electron chi connectivity index (χ2n) is 8.05. The summed E-state index contributed by atoms with van der Waals surface area (Å²) in [5.74, 6) is -0.210. The van der Waals surface area contributed by atoms with Crippen LogP contribution >= 0.6 is 15.9 Å². The molecular weight excluding hydrogens is 545 g/mol. The Bertz CT molecular complexity index is 1410. The van der Waals surface area contributed by atoms with Crippen LogP contribution in [0.1, 0.15) is 17.5 Å². The topological polar surface area (TPSA) is 108 Å². The number of alkyl halides is 3. The molecule has 3 aromatic rings. The van der Waals surface area contributed by atoms with Gasteiger partial charge in [0.2, 0.25) is 5.91 Å². The average Bonchev–Trinajstić information content (AvgIpc) is 3.13. The Morgan fingerprint density at radius 2 is 1.81 bits per heavy atom. The van der Waals surface area contributed by atoms with Gasteiger partial charge in [0.25, 0.3) is 5.91 Å². The third-order valence-electron chi connectivity index (χ3n) is 5.72. The number of carbonyl (C=O) groups is 3. The molecule has 2 aromatic heterocycles. The molecule has 2 aliphatic rings. The summed E-state index contributed by atoms with van der Waals surface area (Å²) in [4.78, 5) is 46.9. The first-order chi connectivity index (χ1) is 17.1. The Labute approximate surface area is 210 Å². The summed E-state index contributed by atoms with van der Waals surface area (Å²) in [6.07, 6.45) is -0.462. The molecule has 0 atom stereocenters. The Hall–Kier alpha value is -4.00. The molecule has 2 aliphatic heterocycles. The first-order valence-electron chi connectivity index (χ1n) is 10.6. The normalized spacial score (nSPS) is 15.7. The van der Waals surface area contributed by atoms with Gasteiger partial charge in [-0.2, -0.15) is 13.2 Å². The smallest absolute Gasteiger partial charge is 0.354 e. The lowest BCUT2D eigenvalue weighted by Gasteiger charge is -2.21. The number of hydrogen-bond donors (Lipinski definition) is 2. The highest BCUT2D eigenvalue weighted by Gasteiger charge is 2.39. The van der Waals surface area contributed by atoms with Crippen molar-refractivity contribution in [2.75, 3.05) is 27.0 Å². The predicted molar refractivity (Wildman–Crippen MR) is 128 cm³/mol. The molecule has 0 radical (unpaired) electrons. The van der Waals surface area contributed by atoms with Crippen LogP contribution in [0.25, 0.3) is 0 Å². The molecule has 1 fully saturated rings. The monoisotopic (exact) mass is 560 g/mol. The first-order valence-corrected chi connectivity index (χ1v) is 11.4. The Morgan fingerprint density at radius 1 is 1.00 bits per heavy atom. The number of nitrogens with zero attached hydrogens (tertiary/aromatic N) is 4. The number of aromatic nitrogens is 2. The van der Waals surface area contributed by atoms with Gasteiger partial charge >= 0.3 is 12.2 Å². The highest BCUT2D eigenvalue weighted by Crippen LogP contribution is 2.36. The molecule has 36 heavy (non-hydrogen) atoms. The maximum absolute atomic E-state index is 13.1. The predicted octanol–water partition coefficient (Wildman–Crippen LogP) is 4.86. The van der Waals surface area contributed by atoms with E-state index in [0.29, 0.717) is 35.0 Å². The second kappa shape index (κ2) is 8.90. The standard InChI is InChI=1S/C23H16BrF3N6O3/c24-16-8-13(1-3-18(16)30-17-5-6-29-21-15(17)2-4-19(34)31-21)33-20(35)11-32(22(33)36)14-7-12(9-28-10-14)23(25,26)27/h1,3,5-10H,2,4,11H2,(H2,29,30,31,34). The summed E-state index contributed by atoms with van der Waals surface area (Å²) in [5, 5.41) is 5.99. The van der Waals surface area contributed by atoms with Crippen LogP contribution in [-0.4, -0.2) is 34.4 Å². The molecule has 13 heteroatoms. The van der Waals surface area contributed by atoms with Crippen molar-refractivity contribution in [3.63, 3.8) is 0 Å². The maximum Gasteiger partial charge on any atom is 0.417 e. The molecule has 5 rings (SSSR count). The summed E-state index contributed by atoms with van der Waals surface area (Å²) in [6, 6.07) is 6.52. The van der Waals surface area contributed by atoms with Crippen molar-refractivity contribution in [1.82, 2.24) is 9.97 Å². The van der Waals surface area contributed by atoms with E-state index in [4.69, 9.17) is 0 Å². The number of nitrogens with one attached hydrogen (secondary N) is 2. The average molecular weight is 561 g/mol. The van der Waals surface area contributed by atoms with Crippen LogP contribution < -0.4 is 20.4 Å². The number of fused-ring (bicyclic) bond motifs is 1. The molecule has 4 heterocycles. The lowest BCUT2D eigenvalue weighted by atomic mass is 10.0. The molecule has 0 unspecified atom stereocenters. The minimum absolute atomic E-state index is 0.104. The summed E-state index contributed by atoms with van der Waals surface area (Å²) in [7, 11) is 0. The number of hydrogen-bond acceptors (Lipinski definition) is 6. The summed E-state index contributed by atoms with van der Waals surface area (Å²) in [5.41, 5.74) is 1.32. The maximum atomic E-state index is 13.1. The Morgan fingerprint density at radius 3 is 2.56 bits per heavy atom. The molecule has 0 saturated carbocycles. The zero-order chi connectivity index (χ0) is 25.6. The highest BCUT2D eigenvalue weighted by atomic mass is 79.9. The Kier molecular flexibility index (Phi) is 5.86. The summed E-state index contributed by atoms with van der Waals surface area (Å²) in [6.45, 7) is -0.422. The molecule has 0 spiro atoms. The number of urea groups is 1. The van der Waals surface area contributed by atoms with Gasteiger partial charge in [0.1, 0.15) is 12.4 Å². The van der Waals surface area contributed by atoms with Gasteiger partial charge in [0, 0.05) is 34.5 Å². The fourth-order valence-corrected chi connectivity index (χ4v) is 4.45. The van der Waals surface area contributed by atoms with E-state index in [1.165, 1.54) is 0 Å². The summed E-state index contributed by atoms with van der Waals surface area (Å²) >= 11 is 3.44. The van der Waals surface area contributed by atoms with Crippen molar-refractivity contribution in [3.05, 3.63) is 64.5 Å². The van der Waals surface area contributed by atoms with E-state index in [0.717, 1.165) is 33.3 Å². The third kappa shape index (κ3) is 4.37. The van der Waals surface area contributed by atoms with Crippen molar-refractivity contribution in [2.24, 2.45) is 0 Å². The SMILES string of the molecule is O=C1CCc2c(Nc3ccc(N4C(=O)CN(c5cncc(C(F)(F)F)c5)C4=O)cc3Br)ccnc2N1. The second-order valence-corrected chi connectivity index (χ2v) is 8.90. The van der Waals surface area contributed by atoms with E-state index in [-0.39, 0.29) is 17.3 Å². The number of imide groups is 1. The van der Waals surface area contributed by atoms with E-state index in [1.54, 1.807) is 30.5 Å². The Balaban J connectivity index is 1.39. The van der Waals surface area contributed by atoms with Gasteiger partial charge in [-0.05, 0) is 52.7 Å². The van der Waals surface area contributed by atoms with Gasteiger partial charge in [-0.3, -0.25) is 19.5 Å². The minimum atomic E-state index is -4.64. The van der Waals surface area contributed by atoms with Crippen molar-refractivity contribution in [1.29, 1.82) is 0 Å². The van der Waals surface area contributed by atoms with Gasteiger partial charge in [-0.15, -0.1) is 0 Å². The lowest BCUT2D eigenvalue weighted by Crippen LogP contribution is -2.33. The van der Waals surface area contributed by atoms with Crippen molar-refractivity contribution in [2.45, 2.75) is 19.0 Å². The van der Waals surface area contributed by atoms with Crippen LogP contribution in [0, 0.1) is 0 Å². The molecule has 0 bridgehead atoms. The van der Waals surface area contributed by atoms with Crippen LogP contribution in [0.5, 0.6) is 0 Å². The number of amides is 4. The molecule has 2 N–H and O–H groups in total. The van der Waals surface area contributed by atoms with Crippen LogP contribution in [0.2, 0.25) is 0 Å². The fraction of sp³-hybridized carbons (Fsp3) is 0.174. The zero-order valence-electron chi connectivity index (χ0n) is 18.3. The van der Waals surface area contributed by atoms with Crippen molar-refractivity contribution >= 4 is 62.3 Å². The van der Waals surface area contributed by atoms with Crippen LogP contribution in [0.15, 0.2) is 53.4 Å². The van der Waals surface area contributed by atoms with Gasteiger partial charge < -0.3 is 10.6 Å². The van der Waals surface area contributed by atoms with Crippen LogP contribution in [-0.2, 0) is 22.2 Å². The van der Waals surface area contributed by atoms with Gasteiger partial charge in [-0.25, -0.2) is 14.7 Å². The number of pyridine rings is 2. The van der Waals surface area contributed by atoms with Gasteiger partial charge in [-0.1, -0.05) is 0 Å². The highest BCUT2D eigenvalue weighted by molar-refractivity contribution is 9.10. The molecule has 1 aromatic carbocycles. The molecule has 184 valence electrons. The quantitative estimate of drug-likeness (QED) is 0.441. The van der Waals surface area contributed by atoms with E-state index in [9.17, 15) is 27.6 Å². The molecular formula is C23H16BrF3N6O3. The van der Waals surface area contributed by atoms with E-state index >= 15 is 0 Å². The van der Waals surface area contributed by atoms with E-state index < -0.39 is 30.2 Å². The molecule has 1 saturated heterocycles. The van der Waals surface area contributed by atoms with Gasteiger partial charge in [0.15, 0.2) is 0 Å². The molecule has 4 amide bonds. The van der Waals surface area contributed by atoms with E-state index in [2.05, 4.69) is 36.5 Å². The minimum Gasteiger partial charge on any atom is -0.354 e. The number of halogens is 4. The van der Waals surface area contributed by atoms with Crippen LogP contribution in [0.4, 0.5) is 46.5 Å². The molecule has 0 aliphatic carbocycles. The lowest BCUT2D eigenvalue weighted by molar-refractivity contribution is -0.137. The molecule has 9 nitrogen and oxygen atoms in total. The van der Waals surface area contributed by atoms with Crippen molar-refractivity contribution < 1.29 is 27.6 Å². The van der Waals surface area contributed by atoms with Gasteiger partial charge in [0.05, 0.1) is 28.8 Å². The number of anilines is 5. The number of carbonyl (C=O) groups excluding carboxylic acids is 3. The number of benzene rings is 1. The van der Waals surface area contributed by atoms with Crippen LogP contribution in [0.3, 0.4) is 0 Å². The summed E-state index contributed by atoms with van der Waals surface area (Å²) < 4.78 is 39.7. The van der Waals surface area contributed by atoms with Crippen molar-refractivity contribution in [3.8, 4) is 0 Å². The first kappa shape index (κ1) is 23.7. The third-order valence-corrected chi connectivity index (χ3v) is 6.38. The fourth-order valence-electron chi connectivity index (χ4n) is 3.98. The number of rotatable bonds is 4. The van der Waals surface area contributed by atoms with E-state index in [1.807, 2.05) is 0 Å². The largest absolute Gasteiger partial charge is 0.417 e.